The minimum absolute atomic E-state index is 0.477. The number of hydrogen-bond donors (Lipinski definition) is 1. The van der Waals surface area contributed by atoms with Crippen LogP contribution in [0, 0.1) is 6.92 Å². The van der Waals surface area contributed by atoms with Gasteiger partial charge in [0.1, 0.15) is 5.82 Å². The summed E-state index contributed by atoms with van der Waals surface area (Å²) < 4.78 is 0. The zero-order chi connectivity index (χ0) is 13.2. The summed E-state index contributed by atoms with van der Waals surface area (Å²) in [5, 5.41) is 0. The monoisotopic (exact) mass is 241 g/mol. The molecule has 94 valence electrons. The Kier molecular flexibility index (Phi) is 3.43. The summed E-state index contributed by atoms with van der Waals surface area (Å²) >= 11 is 0. The molecule has 0 amide bonds. The lowest BCUT2D eigenvalue weighted by atomic mass is 9.99. The largest absolute Gasteiger partial charge is 0.319 e. The van der Waals surface area contributed by atoms with Crippen LogP contribution in [0.1, 0.15) is 31.8 Å². The van der Waals surface area contributed by atoms with E-state index in [1.54, 1.807) is 0 Å². The average molecular weight is 241 g/mol. The smallest absolute Gasteiger partial charge is 0.148 e. The van der Waals surface area contributed by atoms with Crippen molar-refractivity contribution >= 4 is 0 Å². The van der Waals surface area contributed by atoms with E-state index in [1.165, 1.54) is 0 Å². The maximum atomic E-state index is 6.23. The molecule has 1 aromatic carbocycles. The van der Waals surface area contributed by atoms with E-state index >= 15 is 0 Å². The second-order valence-corrected chi connectivity index (χ2v) is 4.86. The van der Waals surface area contributed by atoms with E-state index in [2.05, 4.69) is 9.97 Å². The standard InChI is InChI=1S/C15H19N3/c1-4-15(3,16)14-17-11(2)10-13(18-14)12-8-6-5-7-9-12/h5-10H,4,16H2,1-3H3. The number of nitrogens with zero attached hydrogens (tertiary/aromatic N) is 2. The fourth-order valence-corrected chi connectivity index (χ4v) is 1.74. The van der Waals surface area contributed by atoms with Gasteiger partial charge in [0, 0.05) is 11.3 Å². The number of nitrogens with two attached hydrogens (primary N) is 1. The molecule has 1 heterocycles. The van der Waals surface area contributed by atoms with Crippen LogP contribution in [0.5, 0.6) is 0 Å². The Morgan fingerprint density at radius 2 is 1.83 bits per heavy atom. The van der Waals surface area contributed by atoms with Crippen molar-refractivity contribution < 1.29 is 0 Å². The molecule has 1 atom stereocenters. The Balaban J connectivity index is 2.52. The quantitative estimate of drug-likeness (QED) is 0.898. The number of aryl methyl sites for hydroxylation is 1. The molecule has 0 bridgehead atoms. The summed E-state index contributed by atoms with van der Waals surface area (Å²) in [5.41, 5.74) is 8.73. The van der Waals surface area contributed by atoms with Gasteiger partial charge in [-0.2, -0.15) is 0 Å². The maximum absolute atomic E-state index is 6.23. The Morgan fingerprint density at radius 3 is 2.44 bits per heavy atom. The molecule has 0 aliphatic rings. The van der Waals surface area contributed by atoms with E-state index < -0.39 is 5.54 Å². The first kappa shape index (κ1) is 12.7. The molecule has 0 saturated heterocycles. The van der Waals surface area contributed by atoms with Crippen molar-refractivity contribution in [3.8, 4) is 11.3 Å². The highest BCUT2D eigenvalue weighted by Crippen LogP contribution is 2.22. The van der Waals surface area contributed by atoms with Gasteiger partial charge in [-0.05, 0) is 26.3 Å². The molecule has 2 aromatic rings. The first-order chi connectivity index (χ1) is 8.53. The van der Waals surface area contributed by atoms with Crippen molar-refractivity contribution in [3.05, 3.63) is 47.9 Å². The maximum Gasteiger partial charge on any atom is 0.148 e. The van der Waals surface area contributed by atoms with E-state index in [1.807, 2.05) is 57.2 Å². The molecule has 3 nitrogen and oxygen atoms in total. The Labute approximate surface area is 108 Å². The molecule has 2 N–H and O–H groups in total. The van der Waals surface area contributed by atoms with E-state index in [4.69, 9.17) is 5.73 Å². The van der Waals surface area contributed by atoms with Crippen LogP contribution in [0.25, 0.3) is 11.3 Å². The second-order valence-electron chi connectivity index (χ2n) is 4.86. The predicted octanol–water partition coefficient (Wildman–Crippen LogP) is 3.04. The number of hydrogen-bond acceptors (Lipinski definition) is 3. The van der Waals surface area contributed by atoms with Crippen LogP contribution in [-0.2, 0) is 5.54 Å². The highest BCUT2D eigenvalue weighted by atomic mass is 15.0. The molecule has 0 radical (unpaired) electrons. The van der Waals surface area contributed by atoms with Crippen molar-refractivity contribution in [2.75, 3.05) is 0 Å². The molecule has 0 saturated carbocycles. The normalized spacial score (nSPS) is 14.2. The Morgan fingerprint density at radius 1 is 1.17 bits per heavy atom. The van der Waals surface area contributed by atoms with Gasteiger partial charge in [0.25, 0.3) is 0 Å². The van der Waals surface area contributed by atoms with Crippen molar-refractivity contribution in [3.63, 3.8) is 0 Å². The van der Waals surface area contributed by atoms with Gasteiger partial charge >= 0.3 is 0 Å². The molecule has 18 heavy (non-hydrogen) atoms. The second kappa shape index (κ2) is 4.86. The lowest BCUT2D eigenvalue weighted by Crippen LogP contribution is -2.34. The summed E-state index contributed by atoms with van der Waals surface area (Å²) in [6, 6.07) is 12.1. The van der Waals surface area contributed by atoms with Crippen molar-refractivity contribution in [1.29, 1.82) is 0 Å². The highest BCUT2D eigenvalue weighted by molar-refractivity contribution is 5.59. The van der Waals surface area contributed by atoms with E-state index in [9.17, 15) is 0 Å². The Hall–Kier alpha value is -1.74. The van der Waals surface area contributed by atoms with Gasteiger partial charge in [-0.15, -0.1) is 0 Å². The molecule has 2 rings (SSSR count). The van der Waals surface area contributed by atoms with Crippen LogP contribution in [0.15, 0.2) is 36.4 Å². The topological polar surface area (TPSA) is 51.8 Å². The van der Waals surface area contributed by atoms with Crippen molar-refractivity contribution in [2.45, 2.75) is 32.7 Å². The van der Waals surface area contributed by atoms with Crippen molar-refractivity contribution in [1.82, 2.24) is 9.97 Å². The van der Waals surface area contributed by atoms with Crippen LogP contribution in [0.2, 0.25) is 0 Å². The van der Waals surface area contributed by atoms with Gasteiger partial charge in [0.15, 0.2) is 0 Å². The van der Waals surface area contributed by atoms with Crippen LogP contribution < -0.4 is 5.73 Å². The van der Waals surface area contributed by atoms with Crippen LogP contribution in [-0.4, -0.2) is 9.97 Å². The average Bonchev–Trinajstić information content (AvgIpc) is 2.39. The first-order valence-corrected chi connectivity index (χ1v) is 6.23. The zero-order valence-corrected chi connectivity index (χ0v) is 11.1. The third kappa shape index (κ3) is 2.57. The molecule has 0 fully saturated rings. The summed E-state index contributed by atoms with van der Waals surface area (Å²) in [5.74, 6) is 0.712. The summed E-state index contributed by atoms with van der Waals surface area (Å²) in [4.78, 5) is 9.08. The van der Waals surface area contributed by atoms with Gasteiger partial charge in [-0.1, -0.05) is 37.3 Å². The predicted molar refractivity (Wildman–Crippen MR) is 74.0 cm³/mol. The lowest BCUT2D eigenvalue weighted by Gasteiger charge is -2.21. The molecule has 0 aliphatic carbocycles. The fraction of sp³-hybridized carbons (Fsp3) is 0.333. The molecule has 0 spiro atoms. The Bertz CT molecular complexity index is 533. The third-order valence-electron chi connectivity index (χ3n) is 3.17. The van der Waals surface area contributed by atoms with Crippen LogP contribution in [0.3, 0.4) is 0 Å². The van der Waals surface area contributed by atoms with Gasteiger partial charge in [0.2, 0.25) is 0 Å². The van der Waals surface area contributed by atoms with Gasteiger partial charge in [0.05, 0.1) is 11.2 Å². The number of benzene rings is 1. The molecular formula is C15H19N3. The van der Waals surface area contributed by atoms with E-state index in [0.717, 1.165) is 23.4 Å². The molecular weight excluding hydrogens is 222 g/mol. The summed E-state index contributed by atoms with van der Waals surface area (Å²) in [7, 11) is 0. The fourth-order valence-electron chi connectivity index (χ4n) is 1.74. The van der Waals surface area contributed by atoms with Gasteiger partial charge < -0.3 is 5.73 Å². The lowest BCUT2D eigenvalue weighted by molar-refractivity contribution is 0.444. The van der Waals surface area contributed by atoms with E-state index in [0.29, 0.717) is 5.82 Å². The van der Waals surface area contributed by atoms with Crippen LogP contribution >= 0.6 is 0 Å². The molecule has 0 aliphatic heterocycles. The van der Waals surface area contributed by atoms with Crippen molar-refractivity contribution in [2.24, 2.45) is 5.73 Å². The molecule has 3 heteroatoms. The summed E-state index contributed by atoms with van der Waals surface area (Å²) in [6.45, 7) is 5.99. The van der Waals surface area contributed by atoms with E-state index in [-0.39, 0.29) is 0 Å². The van der Waals surface area contributed by atoms with Gasteiger partial charge in [-0.3, -0.25) is 0 Å². The highest BCUT2D eigenvalue weighted by Gasteiger charge is 2.23. The zero-order valence-electron chi connectivity index (χ0n) is 11.1. The SMILES string of the molecule is CCC(C)(N)c1nc(C)cc(-c2ccccc2)n1. The third-order valence-corrected chi connectivity index (χ3v) is 3.17. The summed E-state index contributed by atoms with van der Waals surface area (Å²) in [6.07, 6.45) is 0.810. The van der Waals surface area contributed by atoms with Gasteiger partial charge in [-0.25, -0.2) is 9.97 Å². The first-order valence-electron chi connectivity index (χ1n) is 6.23. The molecule has 1 unspecified atom stereocenters. The minimum Gasteiger partial charge on any atom is -0.319 e. The van der Waals surface area contributed by atoms with Crippen LogP contribution in [0.4, 0.5) is 0 Å². The molecule has 1 aromatic heterocycles. The number of rotatable bonds is 3. The number of aromatic nitrogens is 2. The minimum atomic E-state index is -0.477.